The summed E-state index contributed by atoms with van der Waals surface area (Å²) < 4.78 is 5.34. The molecule has 3 rings (SSSR count). The minimum atomic E-state index is -0.170. The van der Waals surface area contributed by atoms with Crippen LogP contribution in [0.25, 0.3) is 0 Å². The summed E-state index contributed by atoms with van der Waals surface area (Å²) in [7, 11) is 0. The topological polar surface area (TPSA) is 93.5 Å². The van der Waals surface area contributed by atoms with Crippen LogP contribution in [-0.2, 0) is 9.59 Å². The van der Waals surface area contributed by atoms with Crippen molar-refractivity contribution in [3.05, 3.63) is 18.2 Å². The largest absolute Gasteiger partial charge is 0.482 e. The minimum Gasteiger partial charge on any atom is -0.482 e. The number of anilines is 2. The predicted molar refractivity (Wildman–Crippen MR) is 86.3 cm³/mol. The highest BCUT2D eigenvalue weighted by Crippen LogP contribution is 2.34. The second-order valence-corrected chi connectivity index (χ2v) is 5.57. The number of benzene rings is 1. The highest BCUT2D eigenvalue weighted by molar-refractivity contribution is 5.97. The molecule has 1 aromatic rings. The van der Waals surface area contributed by atoms with Crippen LogP contribution in [0, 0.1) is 11.8 Å². The fourth-order valence-corrected chi connectivity index (χ4v) is 3.05. The third kappa shape index (κ3) is 3.34. The Morgan fingerprint density at radius 3 is 3.00 bits per heavy atom. The molecule has 0 spiro atoms. The summed E-state index contributed by atoms with van der Waals surface area (Å²) in [4.78, 5) is 23.5. The standard InChI is InChI=1S/C15H19N3O3.ClH/c16-7-9-2-1-3-11(9)15(20)17-10-4-5-12-13(6-10)21-8-14(19)18-12;/h4-6,9,11H,1-3,7-8,16H2,(H,17,20)(H,18,19);1H/t9-,11-;/m1./s1. The third-order valence-electron chi connectivity index (χ3n) is 4.18. The summed E-state index contributed by atoms with van der Waals surface area (Å²) in [6, 6.07) is 5.23. The second kappa shape index (κ2) is 6.98. The fourth-order valence-electron chi connectivity index (χ4n) is 3.05. The molecule has 0 aromatic heterocycles. The van der Waals surface area contributed by atoms with Gasteiger partial charge in [-0.05, 0) is 37.4 Å². The molecule has 1 aliphatic carbocycles. The van der Waals surface area contributed by atoms with Gasteiger partial charge in [-0.3, -0.25) is 9.59 Å². The first kappa shape index (κ1) is 16.6. The molecule has 1 fully saturated rings. The van der Waals surface area contributed by atoms with Crippen molar-refractivity contribution < 1.29 is 14.3 Å². The second-order valence-electron chi connectivity index (χ2n) is 5.57. The van der Waals surface area contributed by atoms with Crippen LogP contribution in [0.5, 0.6) is 5.75 Å². The molecule has 7 heteroatoms. The van der Waals surface area contributed by atoms with Crippen LogP contribution in [0.3, 0.4) is 0 Å². The molecule has 1 saturated carbocycles. The first-order valence-electron chi connectivity index (χ1n) is 7.25. The maximum Gasteiger partial charge on any atom is 0.262 e. The van der Waals surface area contributed by atoms with E-state index in [4.69, 9.17) is 10.5 Å². The Kier molecular flexibility index (Phi) is 5.26. The number of nitrogens with one attached hydrogen (secondary N) is 2. The highest BCUT2D eigenvalue weighted by Gasteiger charge is 2.32. The molecule has 2 aliphatic rings. The molecule has 0 radical (unpaired) electrons. The Labute approximate surface area is 135 Å². The Morgan fingerprint density at radius 2 is 2.23 bits per heavy atom. The Bertz CT molecular complexity index is 579. The van der Waals surface area contributed by atoms with Gasteiger partial charge in [0.15, 0.2) is 6.61 Å². The normalized spacial score (nSPS) is 22.9. The van der Waals surface area contributed by atoms with Crippen LogP contribution >= 0.6 is 12.4 Å². The van der Waals surface area contributed by atoms with Gasteiger partial charge < -0.3 is 21.1 Å². The summed E-state index contributed by atoms with van der Waals surface area (Å²) in [5, 5.41) is 5.64. The number of hydrogen-bond donors (Lipinski definition) is 3. The van der Waals surface area contributed by atoms with Crippen LogP contribution in [0.15, 0.2) is 18.2 Å². The van der Waals surface area contributed by atoms with Gasteiger partial charge in [0.1, 0.15) is 5.75 Å². The average molecular weight is 326 g/mol. The number of fused-ring (bicyclic) bond motifs is 1. The van der Waals surface area contributed by atoms with Crippen molar-refractivity contribution >= 4 is 35.6 Å². The molecule has 0 unspecified atom stereocenters. The van der Waals surface area contributed by atoms with Gasteiger partial charge in [0.25, 0.3) is 5.91 Å². The van der Waals surface area contributed by atoms with E-state index in [0.29, 0.717) is 23.7 Å². The Hall–Kier alpha value is -1.79. The van der Waals surface area contributed by atoms with Crippen LogP contribution < -0.4 is 21.1 Å². The van der Waals surface area contributed by atoms with Crippen molar-refractivity contribution in [3.8, 4) is 5.75 Å². The SMILES string of the molecule is Cl.NC[C@H]1CCC[C@H]1C(=O)Nc1ccc2c(c1)OCC(=O)N2. The molecular formula is C15H20ClN3O3. The van der Waals surface area contributed by atoms with E-state index < -0.39 is 0 Å². The Balaban J connectivity index is 0.00000176. The van der Waals surface area contributed by atoms with E-state index in [2.05, 4.69) is 10.6 Å². The summed E-state index contributed by atoms with van der Waals surface area (Å²) in [5.74, 6) is 0.692. The van der Waals surface area contributed by atoms with Gasteiger partial charge in [-0.15, -0.1) is 12.4 Å². The van der Waals surface area contributed by atoms with Crippen molar-refractivity contribution in [1.82, 2.24) is 0 Å². The lowest BCUT2D eigenvalue weighted by molar-refractivity contribution is -0.121. The number of rotatable bonds is 3. The number of hydrogen-bond acceptors (Lipinski definition) is 4. The van der Waals surface area contributed by atoms with Crippen LogP contribution in [0.4, 0.5) is 11.4 Å². The molecule has 120 valence electrons. The van der Waals surface area contributed by atoms with Crippen molar-refractivity contribution in [1.29, 1.82) is 0 Å². The quantitative estimate of drug-likeness (QED) is 0.789. The van der Waals surface area contributed by atoms with E-state index in [1.807, 2.05) is 0 Å². The molecule has 1 heterocycles. The van der Waals surface area contributed by atoms with Crippen molar-refractivity contribution in [2.75, 3.05) is 23.8 Å². The monoisotopic (exact) mass is 325 g/mol. The maximum atomic E-state index is 12.3. The first-order valence-corrected chi connectivity index (χ1v) is 7.25. The van der Waals surface area contributed by atoms with Crippen LogP contribution in [0.2, 0.25) is 0 Å². The number of halogens is 1. The van der Waals surface area contributed by atoms with E-state index in [0.717, 1.165) is 19.3 Å². The minimum absolute atomic E-state index is 0. The van der Waals surface area contributed by atoms with E-state index in [1.54, 1.807) is 18.2 Å². The molecule has 2 amide bonds. The van der Waals surface area contributed by atoms with Crippen molar-refractivity contribution in [2.45, 2.75) is 19.3 Å². The number of carbonyl (C=O) groups excluding carboxylic acids is 2. The predicted octanol–water partition coefficient (Wildman–Crippen LogP) is 1.75. The molecule has 4 N–H and O–H groups in total. The number of amides is 2. The average Bonchev–Trinajstić information content (AvgIpc) is 2.96. The van der Waals surface area contributed by atoms with Gasteiger partial charge in [0.2, 0.25) is 5.91 Å². The van der Waals surface area contributed by atoms with Gasteiger partial charge in [-0.25, -0.2) is 0 Å². The zero-order chi connectivity index (χ0) is 14.8. The molecule has 6 nitrogen and oxygen atoms in total. The maximum absolute atomic E-state index is 12.3. The lowest BCUT2D eigenvalue weighted by Crippen LogP contribution is -2.30. The zero-order valence-electron chi connectivity index (χ0n) is 12.1. The van der Waals surface area contributed by atoms with Gasteiger partial charge in [0.05, 0.1) is 5.69 Å². The van der Waals surface area contributed by atoms with Gasteiger partial charge >= 0.3 is 0 Å². The first-order chi connectivity index (χ1) is 10.2. The molecule has 1 aromatic carbocycles. The van der Waals surface area contributed by atoms with Crippen molar-refractivity contribution in [3.63, 3.8) is 0 Å². The van der Waals surface area contributed by atoms with Crippen LogP contribution in [0.1, 0.15) is 19.3 Å². The molecule has 0 bridgehead atoms. The van der Waals surface area contributed by atoms with E-state index >= 15 is 0 Å². The third-order valence-corrected chi connectivity index (χ3v) is 4.18. The van der Waals surface area contributed by atoms with E-state index in [-0.39, 0.29) is 42.7 Å². The van der Waals surface area contributed by atoms with Gasteiger partial charge in [-0.2, -0.15) is 0 Å². The van der Waals surface area contributed by atoms with Gasteiger partial charge in [0, 0.05) is 17.7 Å². The van der Waals surface area contributed by atoms with Crippen LogP contribution in [-0.4, -0.2) is 25.0 Å². The number of carbonyl (C=O) groups is 2. The lowest BCUT2D eigenvalue weighted by atomic mass is 9.95. The molecule has 22 heavy (non-hydrogen) atoms. The zero-order valence-corrected chi connectivity index (χ0v) is 12.9. The molecule has 1 aliphatic heterocycles. The number of nitrogens with two attached hydrogens (primary N) is 1. The van der Waals surface area contributed by atoms with Gasteiger partial charge in [-0.1, -0.05) is 6.42 Å². The molecule has 2 atom stereocenters. The highest BCUT2D eigenvalue weighted by atomic mass is 35.5. The molecule has 0 saturated heterocycles. The summed E-state index contributed by atoms with van der Waals surface area (Å²) in [5.41, 5.74) is 7.03. The number of ether oxygens (including phenoxy) is 1. The van der Waals surface area contributed by atoms with Crippen molar-refractivity contribution in [2.24, 2.45) is 17.6 Å². The summed E-state index contributed by atoms with van der Waals surface area (Å²) in [6.45, 7) is 0.555. The van der Waals surface area contributed by atoms with E-state index in [1.165, 1.54) is 0 Å². The smallest absolute Gasteiger partial charge is 0.262 e. The summed E-state index contributed by atoms with van der Waals surface area (Å²) in [6.07, 6.45) is 2.97. The Morgan fingerprint density at radius 1 is 1.41 bits per heavy atom. The summed E-state index contributed by atoms with van der Waals surface area (Å²) >= 11 is 0. The molecular weight excluding hydrogens is 306 g/mol. The van der Waals surface area contributed by atoms with E-state index in [9.17, 15) is 9.59 Å². The fraction of sp³-hybridized carbons (Fsp3) is 0.467. The lowest BCUT2D eigenvalue weighted by Gasteiger charge is -2.20.